The van der Waals surface area contributed by atoms with Crippen molar-refractivity contribution in [2.45, 2.75) is 19.2 Å². The molecule has 1 fully saturated rings. The van der Waals surface area contributed by atoms with Crippen LogP contribution in [0.3, 0.4) is 0 Å². The fraction of sp³-hybridized carbons (Fsp3) is 0.520. The van der Waals surface area contributed by atoms with Gasteiger partial charge in [-0.1, -0.05) is 36.4 Å². The fourth-order valence-electron chi connectivity index (χ4n) is 4.33. The molecule has 0 amide bonds. The van der Waals surface area contributed by atoms with Crippen LogP contribution in [0.1, 0.15) is 11.1 Å². The van der Waals surface area contributed by atoms with Gasteiger partial charge in [-0.3, -0.25) is 14.7 Å². The van der Waals surface area contributed by atoms with Gasteiger partial charge in [-0.15, -0.1) is 0 Å². The van der Waals surface area contributed by atoms with Crippen molar-refractivity contribution >= 4 is 0 Å². The maximum absolute atomic E-state index is 10.6. The van der Waals surface area contributed by atoms with Crippen LogP contribution in [0, 0.1) is 0 Å². The van der Waals surface area contributed by atoms with E-state index in [0.29, 0.717) is 24.6 Å². The Labute approximate surface area is 192 Å². The minimum atomic E-state index is -0.360. The quantitative estimate of drug-likeness (QED) is 0.572. The molecule has 2 aromatic carbocycles. The number of ether oxygens (including phenoxy) is 3. The molecule has 1 atom stereocenters. The van der Waals surface area contributed by atoms with Crippen LogP contribution in [0.2, 0.25) is 0 Å². The van der Waals surface area contributed by atoms with Gasteiger partial charge < -0.3 is 19.3 Å². The van der Waals surface area contributed by atoms with Crippen molar-refractivity contribution in [1.29, 1.82) is 0 Å². The summed E-state index contributed by atoms with van der Waals surface area (Å²) < 4.78 is 16.5. The summed E-state index contributed by atoms with van der Waals surface area (Å²) in [6.45, 7) is 6.78. The van der Waals surface area contributed by atoms with Gasteiger partial charge in [-0.25, -0.2) is 0 Å². The van der Waals surface area contributed by atoms with Crippen molar-refractivity contribution in [2.75, 3.05) is 67.6 Å². The molecular weight excluding hydrogens is 406 g/mol. The molecule has 0 aromatic heterocycles. The van der Waals surface area contributed by atoms with Crippen LogP contribution in [0.4, 0.5) is 0 Å². The molecule has 1 unspecified atom stereocenters. The van der Waals surface area contributed by atoms with Crippen molar-refractivity contribution in [2.24, 2.45) is 0 Å². The average Bonchev–Trinajstić information content (AvgIpc) is 2.80. The summed E-state index contributed by atoms with van der Waals surface area (Å²) in [5, 5.41) is 10.6. The Bertz CT molecular complexity index is 825. The molecule has 1 saturated heterocycles. The lowest BCUT2D eigenvalue weighted by Crippen LogP contribution is -2.49. The molecule has 0 bridgehead atoms. The van der Waals surface area contributed by atoms with Crippen LogP contribution in [-0.4, -0.2) is 93.6 Å². The van der Waals surface area contributed by atoms with E-state index < -0.39 is 0 Å². The number of hydrogen-bond donors (Lipinski definition) is 1. The van der Waals surface area contributed by atoms with Crippen LogP contribution in [0.25, 0.3) is 0 Å². The summed E-state index contributed by atoms with van der Waals surface area (Å²) in [4.78, 5) is 6.94. The highest BCUT2D eigenvalue weighted by molar-refractivity contribution is 5.55. The van der Waals surface area contributed by atoms with Crippen molar-refractivity contribution < 1.29 is 19.3 Å². The number of likely N-dealkylation sites (N-methyl/N-ethyl adjacent to an activating group) is 1. The zero-order valence-electron chi connectivity index (χ0n) is 19.8. The predicted molar refractivity (Wildman–Crippen MR) is 127 cm³/mol. The SMILES string of the molecule is COc1ccc(CN2CCN(CC(O)CN(C)Cc3ccccc3)CC2)c(OC)c1OC. The largest absolute Gasteiger partial charge is 0.493 e. The molecule has 176 valence electrons. The van der Waals surface area contributed by atoms with Gasteiger partial charge in [0.1, 0.15) is 0 Å². The van der Waals surface area contributed by atoms with Gasteiger partial charge in [0.25, 0.3) is 0 Å². The minimum absolute atomic E-state index is 0.360. The highest BCUT2D eigenvalue weighted by Crippen LogP contribution is 2.40. The molecule has 7 nitrogen and oxygen atoms in total. The van der Waals surface area contributed by atoms with E-state index in [0.717, 1.165) is 50.6 Å². The van der Waals surface area contributed by atoms with Gasteiger partial charge in [-0.2, -0.15) is 0 Å². The van der Waals surface area contributed by atoms with Gasteiger partial charge in [-0.05, 0) is 18.7 Å². The van der Waals surface area contributed by atoms with E-state index in [-0.39, 0.29) is 6.10 Å². The van der Waals surface area contributed by atoms with Crippen LogP contribution >= 0.6 is 0 Å². The molecule has 0 spiro atoms. The number of hydrogen-bond acceptors (Lipinski definition) is 7. The Morgan fingerprint density at radius 2 is 1.53 bits per heavy atom. The first kappa shape index (κ1) is 24.3. The molecular formula is C25H37N3O4. The van der Waals surface area contributed by atoms with Crippen molar-refractivity contribution in [3.05, 3.63) is 53.6 Å². The lowest BCUT2D eigenvalue weighted by molar-refractivity contribution is 0.0523. The van der Waals surface area contributed by atoms with Gasteiger partial charge in [0.2, 0.25) is 5.75 Å². The standard InChI is InChI=1S/C25H37N3O4/c1-26(16-20-8-6-5-7-9-20)18-22(29)19-28-14-12-27(13-15-28)17-21-10-11-23(30-2)25(32-4)24(21)31-3/h5-11,22,29H,12-19H2,1-4H3. The van der Waals surface area contributed by atoms with E-state index in [9.17, 15) is 5.11 Å². The third kappa shape index (κ3) is 6.59. The minimum Gasteiger partial charge on any atom is -0.493 e. The predicted octanol–water partition coefficient (Wildman–Crippen LogP) is 2.32. The number of methoxy groups -OCH3 is 3. The van der Waals surface area contributed by atoms with Crippen molar-refractivity contribution in [3.8, 4) is 17.2 Å². The maximum atomic E-state index is 10.6. The van der Waals surface area contributed by atoms with Crippen molar-refractivity contribution in [3.63, 3.8) is 0 Å². The van der Waals surface area contributed by atoms with E-state index >= 15 is 0 Å². The summed E-state index contributed by atoms with van der Waals surface area (Å²) in [6.07, 6.45) is -0.360. The zero-order chi connectivity index (χ0) is 22.9. The molecule has 32 heavy (non-hydrogen) atoms. The number of aliphatic hydroxyl groups excluding tert-OH is 1. The number of aliphatic hydroxyl groups is 1. The first-order chi connectivity index (χ1) is 15.5. The normalized spacial score (nSPS) is 16.2. The molecule has 3 rings (SSSR count). The zero-order valence-corrected chi connectivity index (χ0v) is 19.8. The van der Waals surface area contributed by atoms with Gasteiger partial charge in [0.05, 0.1) is 27.4 Å². The summed E-state index contributed by atoms with van der Waals surface area (Å²) in [5.41, 5.74) is 2.35. The lowest BCUT2D eigenvalue weighted by atomic mass is 10.1. The van der Waals surface area contributed by atoms with E-state index in [1.807, 2.05) is 18.2 Å². The molecule has 0 saturated carbocycles. The van der Waals surface area contributed by atoms with Crippen molar-refractivity contribution in [1.82, 2.24) is 14.7 Å². The maximum Gasteiger partial charge on any atom is 0.203 e. The average molecular weight is 444 g/mol. The molecule has 7 heteroatoms. The number of β-amino-alcohol motifs (C(OH)–C–C–N with tert-alkyl or cyclic N) is 1. The molecule has 1 heterocycles. The second-order valence-electron chi connectivity index (χ2n) is 8.41. The Morgan fingerprint density at radius 3 is 2.16 bits per heavy atom. The van der Waals surface area contributed by atoms with Gasteiger partial charge in [0.15, 0.2) is 11.5 Å². The summed E-state index contributed by atoms with van der Waals surface area (Å²) in [5.74, 6) is 2.03. The Balaban J connectivity index is 1.46. The first-order valence-corrected chi connectivity index (χ1v) is 11.2. The Kier molecular flexibility index (Phi) is 9.17. The summed E-state index contributed by atoms with van der Waals surface area (Å²) in [7, 11) is 6.98. The highest BCUT2D eigenvalue weighted by atomic mass is 16.5. The lowest BCUT2D eigenvalue weighted by Gasteiger charge is -2.36. The molecule has 1 N–H and O–H groups in total. The Morgan fingerprint density at radius 1 is 0.875 bits per heavy atom. The summed E-state index contributed by atoms with van der Waals surface area (Å²) in [6, 6.07) is 14.3. The van der Waals surface area contributed by atoms with Gasteiger partial charge >= 0.3 is 0 Å². The van der Waals surface area contributed by atoms with Crippen LogP contribution in [0.5, 0.6) is 17.2 Å². The molecule has 1 aliphatic heterocycles. The molecule has 0 aliphatic carbocycles. The number of rotatable bonds is 11. The van der Waals surface area contributed by atoms with E-state index in [1.54, 1.807) is 21.3 Å². The highest BCUT2D eigenvalue weighted by Gasteiger charge is 2.22. The topological polar surface area (TPSA) is 57.6 Å². The molecule has 2 aromatic rings. The number of piperazine rings is 1. The third-order valence-electron chi connectivity index (χ3n) is 5.93. The first-order valence-electron chi connectivity index (χ1n) is 11.2. The van der Waals surface area contributed by atoms with E-state index in [4.69, 9.17) is 14.2 Å². The smallest absolute Gasteiger partial charge is 0.203 e. The molecule has 1 aliphatic rings. The molecule has 0 radical (unpaired) electrons. The van der Waals surface area contributed by atoms with Crippen LogP contribution in [-0.2, 0) is 13.1 Å². The number of nitrogens with zero attached hydrogens (tertiary/aromatic N) is 3. The van der Waals surface area contributed by atoms with E-state index in [2.05, 4.69) is 46.0 Å². The van der Waals surface area contributed by atoms with Gasteiger partial charge in [0, 0.05) is 57.9 Å². The third-order valence-corrected chi connectivity index (χ3v) is 5.93. The van der Waals surface area contributed by atoms with Crippen LogP contribution < -0.4 is 14.2 Å². The number of benzene rings is 2. The monoisotopic (exact) mass is 443 g/mol. The fourth-order valence-corrected chi connectivity index (χ4v) is 4.33. The Hall–Kier alpha value is -2.32. The van der Waals surface area contributed by atoms with Crippen LogP contribution in [0.15, 0.2) is 42.5 Å². The summed E-state index contributed by atoms with van der Waals surface area (Å²) >= 11 is 0. The van der Waals surface area contributed by atoms with E-state index in [1.165, 1.54) is 5.56 Å². The second kappa shape index (κ2) is 12.1. The second-order valence-corrected chi connectivity index (χ2v) is 8.41.